The number of nitrogens with one attached hydrogen (secondary N) is 1. The van der Waals surface area contributed by atoms with E-state index in [1.54, 1.807) is 0 Å². The van der Waals surface area contributed by atoms with Crippen LogP contribution in [-0.4, -0.2) is 10.1 Å². The van der Waals surface area contributed by atoms with Crippen molar-refractivity contribution in [3.05, 3.63) is 45.3 Å². The van der Waals surface area contributed by atoms with Gasteiger partial charge >= 0.3 is 0 Å². The highest BCUT2D eigenvalue weighted by Gasteiger charge is 2.09. The lowest BCUT2D eigenvalue weighted by molar-refractivity contribution is 0.392. The molecule has 0 spiro atoms. The molecular weight excluding hydrogens is 326 g/mol. The number of rotatable bonds is 4. The Balaban J connectivity index is 2.13. The van der Waals surface area contributed by atoms with Crippen LogP contribution in [0.1, 0.15) is 22.6 Å². The van der Waals surface area contributed by atoms with Crippen LogP contribution in [0, 0.1) is 13.8 Å². The molecule has 1 aromatic carbocycles. The summed E-state index contributed by atoms with van der Waals surface area (Å²) in [7, 11) is 0. The van der Waals surface area contributed by atoms with Crippen molar-refractivity contribution in [2.45, 2.75) is 20.4 Å². The van der Waals surface area contributed by atoms with Gasteiger partial charge in [-0.25, -0.2) is 0 Å². The Hall–Kier alpha value is -1.40. The lowest BCUT2D eigenvalue weighted by atomic mass is 10.2. The van der Waals surface area contributed by atoms with Crippen LogP contribution < -0.4 is 11.1 Å². The highest BCUT2D eigenvalue weighted by molar-refractivity contribution is 9.10. The summed E-state index contributed by atoms with van der Waals surface area (Å²) in [5.74, 6) is 0.837. The molecule has 0 aliphatic carbocycles. The minimum Gasteiger partial charge on any atom is -0.389 e. The van der Waals surface area contributed by atoms with E-state index in [1.807, 2.05) is 32.0 Å². The van der Waals surface area contributed by atoms with Crippen LogP contribution in [0.25, 0.3) is 0 Å². The molecule has 3 N–H and O–H groups in total. The number of hydrogen-bond acceptors (Lipinski definition) is 4. The number of thiocarbonyl (C=S) groups is 1. The average Bonchev–Trinajstić information content (AvgIpc) is 2.66. The molecule has 0 unspecified atom stereocenters. The maximum absolute atomic E-state index is 5.62. The summed E-state index contributed by atoms with van der Waals surface area (Å²) in [4.78, 5) is 0.379. The average molecular weight is 340 g/mol. The van der Waals surface area contributed by atoms with Gasteiger partial charge in [-0.2, -0.15) is 0 Å². The van der Waals surface area contributed by atoms with Crippen LogP contribution in [0.15, 0.2) is 27.2 Å². The fraction of sp³-hybridized carbons (Fsp3) is 0.231. The second-order valence-electron chi connectivity index (χ2n) is 4.22. The van der Waals surface area contributed by atoms with Crippen LogP contribution in [0.3, 0.4) is 0 Å². The SMILES string of the molecule is Cc1noc(C)c1CNc1ccc(C(N)=S)c(Br)c1. The van der Waals surface area contributed by atoms with E-state index in [9.17, 15) is 0 Å². The fourth-order valence-electron chi connectivity index (χ4n) is 1.77. The first kappa shape index (κ1) is 14.0. The number of benzene rings is 1. The zero-order valence-electron chi connectivity index (χ0n) is 10.7. The van der Waals surface area contributed by atoms with E-state index in [4.69, 9.17) is 22.5 Å². The van der Waals surface area contributed by atoms with Crippen molar-refractivity contribution in [1.82, 2.24) is 5.16 Å². The van der Waals surface area contributed by atoms with Gasteiger partial charge < -0.3 is 15.6 Å². The number of nitrogens with two attached hydrogens (primary N) is 1. The van der Waals surface area contributed by atoms with Crippen molar-refractivity contribution >= 4 is 38.8 Å². The molecule has 6 heteroatoms. The second kappa shape index (κ2) is 5.71. The fourth-order valence-corrected chi connectivity index (χ4v) is 2.67. The Morgan fingerprint density at radius 1 is 1.47 bits per heavy atom. The highest BCUT2D eigenvalue weighted by atomic mass is 79.9. The predicted octanol–water partition coefficient (Wildman–Crippen LogP) is 3.30. The molecule has 19 heavy (non-hydrogen) atoms. The van der Waals surface area contributed by atoms with Crippen molar-refractivity contribution in [2.24, 2.45) is 5.73 Å². The van der Waals surface area contributed by atoms with Crippen molar-refractivity contribution in [3.8, 4) is 0 Å². The Morgan fingerprint density at radius 3 is 2.74 bits per heavy atom. The van der Waals surface area contributed by atoms with E-state index in [-0.39, 0.29) is 0 Å². The largest absolute Gasteiger partial charge is 0.389 e. The highest BCUT2D eigenvalue weighted by Crippen LogP contribution is 2.22. The Kier molecular flexibility index (Phi) is 4.21. The first-order valence-electron chi connectivity index (χ1n) is 5.74. The Morgan fingerprint density at radius 2 is 2.21 bits per heavy atom. The summed E-state index contributed by atoms with van der Waals surface area (Å²) in [6.07, 6.45) is 0. The first-order chi connectivity index (χ1) is 8.99. The molecule has 0 amide bonds. The molecule has 100 valence electrons. The number of aryl methyl sites for hydroxylation is 2. The van der Waals surface area contributed by atoms with Gasteiger partial charge in [-0.3, -0.25) is 0 Å². The predicted molar refractivity (Wildman–Crippen MR) is 83.3 cm³/mol. The minimum absolute atomic E-state index is 0.379. The van der Waals surface area contributed by atoms with Crippen LogP contribution in [-0.2, 0) is 6.54 Å². The minimum atomic E-state index is 0.379. The normalized spacial score (nSPS) is 10.5. The third kappa shape index (κ3) is 3.13. The molecule has 0 aliphatic heterocycles. The van der Waals surface area contributed by atoms with Gasteiger partial charge in [0.15, 0.2) is 0 Å². The molecular formula is C13H14BrN3OS. The van der Waals surface area contributed by atoms with Gasteiger partial charge in [-0.1, -0.05) is 17.4 Å². The molecule has 0 bridgehead atoms. The molecule has 0 radical (unpaired) electrons. The van der Waals surface area contributed by atoms with Gasteiger partial charge in [0.1, 0.15) is 10.7 Å². The summed E-state index contributed by atoms with van der Waals surface area (Å²) in [5, 5.41) is 7.25. The van der Waals surface area contributed by atoms with E-state index >= 15 is 0 Å². The molecule has 0 aliphatic rings. The molecule has 0 saturated carbocycles. The number of halogens is 1. The van der Waals surface area contributed by atoms with E-state index in [0.717, 1.165) is 32.7 Å². The van der Waals surface area contributed by atoms with Crippen molar-refractivity contribution < 1.29 is 4.52 Å². The molecule has 2 aromatic rings. The molecule has 4 nitrogen and oxygen atoms in total. The second-order valence-corrected chi connectivity index (χ2v) is 5.51. The summed E-state index contributed by atoms with van der Waals surface area (Å²) < 4.78 is 6.00. The zero-order valence-corrected chi connectivity index (χ0v) is 13.1. The topological polar surface area (TPSA) is 64.1 Å². The molecule has 1 heterocycles. The smallest absolute Gasteiger partial charge is 0.138 e. The number of nitrogens with zero attached hydrogens (tertiary/aromatic N) is 1. The quantitative estimate of drug-likeness (QED) is 0.836. The van der Waals surface area contributed by atoms with E-state index in [0.29, 0.717) is 11.5 Å². The van der Waals surface area contributed by atoms with Gasteiger partial charge in [0.05, 0.1) is 5.69 Å². The van der Waals surface area contributed by atoms with Crippen LogP contribution in [0.5, 0.6) is 0 Å². The van der Waals surface area contributed by atoms with Gasteiger partial charge in [0, 0.05) is 27.8 Å². The lowest BCUT2D eigenvalue weighted by Crippen LogP contribution is -2.10. The molecule has 1 aromatic heterocycles. The molecule has 0 atom stereocenters. The number of hydrogen-bond donors (Lipinski definition) is 2. The Bertz CT molecular complexity index is 605. The van der Waals surface area contributed by atoms with E-state index in [2.05, 4.69) is 26.4 Å². The standard InChI is InChI=1S/C13H14BrN3OS/c1-7-11(8(2)18-17-7)6-16-9-3-4-10(13(15)19)12(14)5-9/h3-5,16H,6H2,1-2H3,(H2,15,19). The first-order valence-corrected chi connectivity index (χ1v) is 6.94. The summed E-state index contributed by atoms with van der Waals surface area (Å²) in [6.45, 7) is 4.50. The summed E-state index contributed by atoms with van der Waals surface area (Å²) >= 11 is 8.42. The van der Waals surface area contributed by atoms with Crippen molar-refractivity contribution in [1.29, 1.82) is 0 Å². The van der Waals surface area contributed by atoms with Crippen molar-refractivity contribution in [3.63, 3.8) is 0 Å². The molecule has 0 fully saturated rings. The van der Waals surface area contributed by atoms with Crippen molar-refractivity contribution in [2.75, 3.05) is 5.32 Å². The van der Waals surface area contributed by atoms with Gasteiger partial charge in [-0.05, 0) is 48.0 Å². The maximum Gasteiger partial charge on any atom is 0.138 e. The van der Waals surface area contributed by atoms with Gasteiger partial charge in [0.2, 0.25) is 0 Å². The van der Waals surface area contributed by atoms with Crippen LogP contribution in [0.4, 0.5) is 5.69 Å². The molecule has 0 saturated heterocycles. The number of aromatic nitrogens is 1. The summed E-state index contributed by atoms with van der Waals surface area (Å²) in [6, 6.07) is 5.78. The maximum atomic E-state index is 5.62. The Labute approximate surface area is 125 Å². The van der Waals surface area contributed by atoms with Crippen LogP contribution >= 0.6 is 28.1 Å². The third-order valence-electron chi connectivity index (χ3n) is 2.89. The monoisotopic (exact) mass is 339 g/mol. The lowest BCUT2D eigenvalue weighted by Gasteiger charge is -2.09. The van der Waals surface area contributed by atoms with E-state index < -0.39 is 0 Å². The van der Waals surface area contributed by atoms with Crippen LogP contribution in [0.2, 0.25) is 0 Å². The van der Waals surface area contributed by atoms with E-state index in [1.165, 1.54) is 0 Å². The zero-order chi connectivity index (χ0) is 14.0. The van der Waals surface area contributed by atoms with Gasteiger partial charge in [0.25, 0.3) is 0 Å². The summed E-state index contributed by atoms with van der Waals surface area (Å²) in [5.41, 5.74) is 9.41. The number of anilines is 1. The van der Waals surface area contributed by atoms with Gasteiger partial charge in [-0.15, -0.1) is 0 Å². The third-order valence-corrected chi connectivity index (χ3v) is 3.76. The molecule has 2 rings (SSSR count).